The average molecular weight is 461 g/mol. The van der Waals surface area contributed by atoms with Gasteiger partial charge in [0.05, 0.1) is 24.4 Å². The molecule has 4 aromatic rings. The van der Waals surface area contributed by atoms with Crippen LogP contribution in [0.25, 0.3) is 11.0 Å². The summed E-state index contributed by atoms with van der Waals surface area (Å²) in [6.07, 6.45) is 1.53. The van der Waals surface area contributed by atoms with Crippen molar-refractivity contribution in [3.05, 3.63) is 89.0 Å². The fraction of sp³-hybridized carbons (Fsp3) is 0.192. The first-order valence-corrected chi connectivity index (χ1v) is 10.8. The van der Waals surface area contributed by atoms with Crippen LogP contribution in [0, 0.1) is 12.7 Å². The number of rotatable bonds is 8. The van der Waals surface area contributed by atoms with Crippen LogP contribution in [0.3, 0.4) is 0 Å². The third-order valence-electron chi connectivity index (χ3n) is 5.39. The van der Waals surface area contributed by atoms with Gasteiger partial charge in [0, 0.05) is 12.1 Å². The van der Waals surface area contributed by atoms with E-state index in [0.29, 0.717) is 17.1 Å². The molecule has 1 N–H and O–H groups in total. The topological polar surface area (TPSA) is 77.7 Å². The van der Waals surface area contributed by atoms with E-state index in [0.717, 1.165) is 34.5 Å². The second-order valence-corrected chi connectivity index (χ2v) is 7.63. The Morgan fingerprint density at radius 3 is 2.65 bits per heavy atom. The van der Waals surface area contributed by atoms with Crippen molar-refractivity contribution in [1.29, 1.82) is 0 Å². The molecule has 0 atom stereocenters. The predicted molar refractivity (Wildman–Crippen MR) is 129 cm³/mol. The van der Waals surface area contributed by atoms with Gasteiger partial charge in [-0.15, -0.1) is 0 Å². The summed E-state index contributed by atoms with van der Waals surface area (Å²) in [7, 11) is 1.54. The van der Waals surface area contributed by atoms with Gasteiger partial charge in [-0.3, -0.25) is 4.79 Å². The van der Waals surface area contributed by atoms with Crippen molar-refractivity contribution in [2.75, 3.05) is 7.11 Å². The van der Waals surface area contributed by atoms with E-state index in [-0.39, 0.29) is 18.3 Å². The van der Waals surface area contributed by atoms with Gasteiger partial charge < -0.3 is 14.0 Å². The molecule has 1 amide bonds. The SMILES string of the molecule is CCn1c(C)nc2cc(C(=O)NN=Cc3ccc(OCc4ccc(F)cc4)c(OC)c3)ccc21. The maximum atomic E-state index is 13.0. The smallest absolute Gasteiger partial charge is 0.271 e. The molecule has 0 aliphatic rings. The molecule has 3 aromatic carbocycles. The minimum Gasteiger partial charge on any atom is -0.493 e. The molecule has 4 rings (SSSR count). The van der Waals surface area contributed by atoms with Crippen LogP contribution in [0.5, 0.6) is 11.5 Å². The third kappa shape index (κ3) is 5.06. The summed E-state index contributed by atoms with van der Waals surface area (Å²) in [5, 5.41) is 4.06. The first-order valence-electron chi connectivity index (χ1n) is 10.8. The Hall–Kier alpha value is -4.20. The van der Waals surface area contributed by atoms with Crippen molar-refractivity contribution in [3.63, 3.8) is 0 Å². The summed E-state index contributed by atoms with van der Waals surface area (Å²) >= 11 is 0. The Balaban J connectivity index is 1.40. The van der Waals surface area contributed by atoms with Gasteiger partial charge in [0.15, 0.2) is 11.5 Å². The van der Waals surface area contributed by atoms with E-state index in [1.807, 2.05) is 13.0 Å². The van der Waals surface area contributed by atoms with E-state index in [4.69, 9.17) is 9.47 Å². The van der Waals surface area contributed by atoms with Gasteiger partial charge in [0.25, 0.3) is 5.91 Å². The number of imidazole rings is 1. The molecular weight excluding hydrogens is 435 g/mol. The monoisotopic (exact) mass is 460 g/mol. The fourth-order valence-corrected chi connectivity index (χ4v) is 3.65. The van der Waals surface area contributed by atoms with E-state index in [2.05, 4.69) is 27.0 Å². The Kier molecular flexibility index (Phi) is 6.87. The fourth-order valence-electron chi connectivity index (χ4n) is 3.65. The van der Waals surface area contributed by atoms with Crippen molar-refractivity contribution in [2.45, 2.75) is 27.0 Å². The van der Waals surface area contributed by atoms with Crippen LogP contribution in [0.4, 0.5) is 4.39 Å². The molecule has 0 saturated heterocycles. The Morgan fingerprint density at radius 2 is 1.91 bits per heavy atom. The van der Waals surface area contributed by atoms with Gasteiger partial charge in [-0.05, 0) is 73.5 Å². The van der Waals surface area contributed by atoms with Gasteiger partial charge in [0.1, 0.15) is 18.2 Å². The maximum absolute atomic E-state index is 13.0. The molecule has 0 spiro atoms. The van der Waals surface area contributed by atoms with Crippen LogP contribution < -0.4 is 14.9 Å². The molecule has 0 unspecified atom stereocenters. The van der Waals surface area contributed by atoms with E-state index in [9.17, 15) is 9.18 Å². The number of carbonyl (C=O) groups is 1. The Morgan fingerprint density at radius 1 is 1.12 bits per heavy atom. The lowest BCUT2D eigenvalue weighted by atomic mass is 10.2. The molecular formula is C26H25FN4O3. The molecule has 0 aliphatic heterocycles. The standard InChI is InChI=1S/C26H25FN4O3/c1-4-31-17(2)29-22-14-20(8-11-23(22)31)26(32)30-28-15-19-7-12-24(25(13-19)33-3)34-16-18-5-9-21(27)10-6-18/h5-15H,4,16H2,1-3H3,(H,30,32). The van der Waals surface area contributed by atoms with E-state index < -0.39 is 0 Å². The number of hydrogen-bond acceptors (Lipinski definition) is 5. The van der Waals surface area contributed by atoms with Crippen molar-refractivity contribution < 1.29 is 18.7 Å². The van der Waals surface area contributed by atoms with Crippen LogP contribution in [0.1, 0.15) is 34.2 Å². The highest BCUT2D eigenvalue weighted by atomic mass is 19.1. The molecule has 1 heterocycles. The number of methoxy groups -OCH3 is 1. The highest BCUT2D eigenvalue weighted by Gasteiger charge is 2.11. The van der Waals surface area contributed by atoms with E-state index in [1.54, 1.807) is 49.6 Å². The minimum absolute atomic E-state index is 0.278. The van der Waals surface area contributed by atoms with Gasteiger partial charge in [-0.25, -0.2) is 14.8 Å². The van der Waals surface area contributed by atoms with Gasteiger partial charge in [-0.2, -0.15) is 5.10 Å². The van der Waals surface area contributed by atoms with E-state index in [1.165, 1.54) is 18.3 Å². The zero-order chi connectivity index (χ0) is 24.1. The molecule has 0 saturated carbocycles. The number of hydrazone groups is 1. The number of ether oxygens (including phenoxy) is 2. The second-order valence-electron chi connectivity index (χ2n) is 7.63. The first kappa shape index (κ1) is 23.0. The van der Waals surface area contributed by atoms with Crippen LogP contribution in [0.2, 0.25) is 0 Å². The lowest BCUT2D eigenvalue weighted by Gasteiger charge is -2.11. The predicted octanol–water partition coefficient (Wildman–Crippen LogP) is 4.86. The number of fused-ring (bicyclic) bond motifs is 1. The van der Waals surface area contributed by atoms with E-state index >= 15 is 0 Å². The molecule has 174 valence electrons. The van der Waals surface area contributed by atoms with Crippen LogP contribution in [-0.4, -0.2) is 28.8 Å². The van der Waals surface area contributed by atoms with Crippen molar-refractivity contribution >= 4 is 23.2 Å². The summed E-state index contributed by atoms with van der Waals surface area (Å²) in [4.78, 5) is 17.1. The molecule has 1 aromatic heterocycles. The normalized spacial score (nSPS) is 11.2. The van der Waals surface area contributed by atoms with Crippen LogP contribution in [-0.2, 0) is 13.2 Å². The number of carbonyl (C=O) groups excluding carboxylic acids is 1. The molecule has 8 heteroatoms. The number of nitrogens with one attached hydrogen (secondary N) is 1. The molecule has 0 bridgehead atoms. The third-order valence-corrected chi connectivity index (χ3v) is 5.39. The zero-order valence-electron chi connectivity index (χ0n) is 19.2. The van der Waals surface area contributed by atoms with Crippen molar-refractivity contribution in [3.8, 4) is 11.5 Å². The van der Waals surface area contributed by atoms with Gasteiger partial charge in [0.2, 0.25) is 0 Å². The minimum atomic E-state index is -0.326. The largest absolute Gasteiger partial charge is 0.493 e. The zero-order valence-corrected chi connectivity index (χ0v) is 19.2. The Labute approximate surface area is 196 Å². The highest BCUT2D eigenvalue weighted by molar-refractivity contribution is 5.98. The summed E-state index contributed by atoms with van der Waals surface area (Å²) < 4.78 is 26.3. The number of aromatic nitrogens is 2. The lowest BCUT2D eigenvalue weighted by Crippen LogP contribution is -2.17. The summed E-state index contributed by atoms with van der Waals surface area (Å²) in [5.74, 6) is 1.35. The number of amides is 1. The number of halogens is 1. The molecule has 0 fully saturated rings. The van der Waals surface area contributed by atoms with Gasteiger partial charge in [-0.1, -0.05) is 12.1 Å². The first-order chi connectivity index (χ1) is 16.5. The quantitative estimate of drug-likeness (QED) is 0.301. The number of hydrogen-bond donors (Lipinski definition) is 1. The molecule has 34 heavy (non-hydrogen) atoms. The summed E-state index contributed by atoms with van der Waals surface area (Å²) in [6.45, 7) is 5.10. The van der Waals surface area contributed by atoms with Crippen LogP contribution >= 0.6 is 0 Å². The van der Waals surface area contributed by atoms with Crippen LogP contribution in [0.15, 0.2) is 65.8 Å². The number of nitrogens with zero attached hydrogens (tertiary/aromatic N) is 3. The lowest BCUT2D eigenvalue weighted by molar-refractivity contribution is 0.0955. The van der Waals surface area contributed by atoms with Crippen molar-refractivity contribution in [1.82, 2.24) is 15.0 Å². The molecule has 7 nitrogen and oxygen atoms in total. The summed E-state index contributed by atoms with van der Waals surface area (Å²) in [5.41, 5.74) is 6.35. The maximum Gasteiger partial charge on any atom is 0.271 e. The van der Waals surface area contributed by atoms with Gasteiger partial charge >= 0.3 is 0 Å². The molecule has 0 radical (unpaired) electrons. The summed E-state index contributed by atoms with van der Waals surface area (Å²) in [6, 6.07) is 16.8. The highest BCUT2D eigenvalue weighted by Crippen LogP contribution is 2.28. The second kappa shape index (κ2) is 10.2. The van der Waals surface area contributed by atoms with Crippen molar-refractivity contribution in [2.24, 2.45) is 5.10 Å². The average Bonchev–Trinajstić information content (AvgIpc) is 3.17. The Bertz CT molecular complexity index is 1350. The molecule has 0 aliphatic carbocycles. The number of aryl methyl sites for hydroxylation is 2. The number of benzene rings is 3.